The second kappa shape index (κ2) is 12.7. The van der Waals surface area contributed by atoms with Gasteiger partial charge >= 0.3 is 0 Å². The van der Waals surface area contributed by atoms with E-state index in [0.717, 1.165) is 30.3 Å². The number of aromatic nitrogens is 1. The average molecular weight is 491 g/mol. The van der Waals surface area contributed by atoms with Gasteiger partial charge in [-0.3, -0.25) is 14.6 Å². The maximum absolute atomic E-state index is 13.3. The van der Waals surface area contributed by atoms with Crippen LogP contribution in [0.2, 0.25) is 5.02 Å². The summed E-state index contributed by atoms with van der Waals surface area (Å²) in [6.07, 6.45) is 3.76. The van der Waals surface area contributed by atoms with Gasteiger partial charge in [-0.2, -0.15) is 11.8 Å². The van der Waals surface area contributed by atoms with Crippen LogP contribution in [0.25, 0.3) is 0 Å². The maximum Gasteiger partial charge on any atom is 0.254 e. The largest absolute Gasteiger partial charge is 0.492 e. The molecule has 3 rings (SSSR count). The van der Waals surface area contributed by atoms with Crippen LogP contribution in [0.4, 0.5) is 5.69 Å². The van der Waals surface area contributed by atoms with Gasteiger partial charge in [-0.25, -0.2) is 0 Å². The van der Waals surface area contributed by atoms with Crippen molar-refractivity contribution >= 4 is 40.9 Å². The fourth-order valence-electron chi connectivity index (χ4n) is 3.55. The molecular formula is C24H31ClN4O3S. The fraction of sp³-hybridized carbons (Fsp3) is 0.458. The number of carbonyl (C=O) groups excluding carboxylic acids is 2. The summed E-state index contributed by atoms with van der Waals surface area (Å²) in [5.41, 5.74) is 1.41. The molecule has 2 heterocycles. The number of nitrogens with zero attached hydrogens (tertiary/aromatic N) is 3. The molecule has 0 aliphatic carbocycles. The van der Waals surface area contributed by atoms with E-state index in [4.69, 9.17) is 16.3 Å². The van der Waals surface area contributed by atoms with Crippen LogP contribution in [0.1, 0.15) is 30.6 Å². The number of pyridine rings is 1. The molecule has 1 aliphatic heterocycles. The normalized spacial score (nSPS) is 13.6. The lowest BCUT2D eigenvalue weighted by Gasteiger charge is -2.30. The Hall–Kier alpha value is -2.45. The van der Waals surface area contributed by atoms with Crippen LogP contribution in [0, 0.1) is 0 Å². The molecule has 7 nitrogen and oxygen atoms in total. The zero-order valence-corrected chi connectivity index (χ0v) is 20.7. The Morgan fingerprint density at radius 1 is 1.21 bits per heavy atom. The summed E-state index contributed by atoms with van der Waals surface area (Å²) in [6, 6.07) is 8.76. The second-order valence-corrected chi connectivity index (χ2v) is 9.68. The molecule has 1 fully saturated rings. The number of carbonyl (C=O) groups is 2. The van der Waals surface area contributed by atoms with Gasteiger partial charge in [-0.05, 0) is 44.2 Å². The van der Waals surface area contributed by atoms with E-state index in [0.29, 0.717) is 42.5 Å². The Morgan fingerprint density at radius 3 is 2.64 bits per heavy atom. The number of amides is 2. The number of anilines is 1. The summed E-state index contributed by atoms with van der Waals surface area (Å²) < 4.78 is 5.82. The summed E-state index contributed by atoms with van der Waals surface area (Å²) in [6.45, 7) is 6.84. The van der Waals surface area contributed by atoms with E-state index in [2.05, 4.69) is 10.3 Å². The average Bonchev–Trinajstić information content (AvgIpc) is 2.82. The summed E-state index contributed by atoms with van der Waals surface area (Å²) in [5.74, 6) is 2.43. The van der Waals surface area contributed by atoms with Crippen molar-refractivity contribution in [2.45, 2.75) is 26.3 Å². The van der Waals surface area contributed by atoms with Crippen LogP contribution in [-0.4, -0.2) is 76.9 Å². The van der Waals surface area contributed by atoms with Gasteiger partial charge in [0.05, 0.1) is 0 Å². The standard InChI is InChI=1S/C24H31ClN4O3S/c1-18(2)29(9-5-23(30)28-10-13-33-14-11-28)24(31)19-15-20(25)17-22(16-19)32-12-8-27-21-3-6-26-7-4-21/h3-4,6-7,15-18H,5,8-14H2,1-2H3,(H,26,27). The number of rotatable bonds is 10. The van der Waals surface area contributed by atoms with E-state index in [9.17, 15) is 9.59 Å². The number of thioether (sulfide) groups is 1. The summed E-state index contributed by atoms with van der Waals surface area (Å²) in [7, 11) is 0. The van der Waals surface area contributed by atoms with Gasteiger partial charge in [-0.1, -0.05) is 11.6 Å². The molecule has 178 valence electrons. The SMILES string of the molecule is CC(C)N(CCC(=O)N1CCSCC1)C(=O)c1cc(Cl)cc(OCCNc2ccncc2)c1. The van der Waals surface area contributed by atoms with Crippen LogP contribution in [0.5, 0.6) is 5.75 Å². The molecule has 1 aromatic heterocycles. The molecule has 0 bridgehead atoms. The first-order chi connectivity index (χ1) is 15.9. The van der Waals surface area contributed by atoms with E-state index in [1.165, 1.54) is 0 Å². The molecule has 2 amide bonds. The van der Waals surface area contributed by atoms with E-state index < -0.39 is 0 Å². The van der Waals surface area contributed by atoms with Crippen molar-refractivity contribution in [2.24, 2.45) is 0 Å². The lowest BCUT2D eigenvalue weighted by atomic mass is 10.1. The first-order valence-electron chi connectivity index (χ1n) is 11.2. The predicted molar refractivity (Wildman–Crippen MR) is 134 cm³/mol. The lowest BCUT2D eigenvalue weighted by molar-refractivity contribution is -0.131. The monoisotopic (exact) mass is 490 g/mol. The number of hydrogen-bond donors (Lipinski definition) is 1. The van der Waals surface area contributed by atoms with Crippen molar-refractivity contribution in [3.63, 3.8) is 0 Å². The molecule has 1 N–H and O–H groups in total. The van der Waals surface area contributed by atoms with Gasteiger partial charge in [-0.15, -0.1) is 0 Å². The number of hydrogen-bond acceptors (Lipinski definition) is 6. The maximum atomic E-state index is 13.3. The highest BCUT2D eigenvalue weighted by atomic mass is 35.5. The van der Waals surface area contributed by atoms with Crippen LogP contribution in [0.3, 0.4) is 0 Å². The Morgan fingerprint density at radius 2 is 1.94 bits per heavy atom. The van der Waals surface area contributed by atoms with Crippen molar-refractivity contribution < 1.29 is 14.3 Å². The molecule has 9 heteroatoms. The highest BCUT2D eigenvalue weighted by molar-refractivity contribution is 7.99. The molecule has 33 heavy (non-hydrogen) atoms. The third-order valence-corrected chi connectivity index (χ3v) is 6.47. The number of halogens is 1. The Bertz CT molecular complexity index is 923. The van der Waals surface area contributed by atoms with E-state index in [-0.39, 0.29) is 17.9 Å². The van der Waals surface area contributed by atoms with Crippen LogP contribution < -0.4 is 10.1 Å². The van der Waals surface area contributed by atoms with Crippen molar-refractivity contribution in [1.82, 2.24) is 14.8 Å². The number of ether oxygens (including phenoxy) is 1. The Balaban J connectivity index is 1.57. The second-order valence-electron chi connectivity index (χ2n) is 8.02. The smallest absolute Gasteiger partial charge is 0.254 e. The summed E-state index contributed by atoms with van der Waals surface area (Å²) >= 11 is 8.15. The molecule has 0 atom stereocenters. The zero-order valence-electron chi connectivity index (χ0n) is 19.1. The summed E-state index contributed by atoms with van der Waals surface area (Å²) in [4.78, 5) is 33.4. The van der Waals surface area contributed by atoms with Crippen LogP contribution in [-0.2, 0) is 4.79 Å². The quantitative estimate of drug-likeness (QED) is 0.506. The Kier molecular flexibility index (Phi) is 9.69. The molecule has 1 saturated heterocycles. The van der Waals surface area contributed by atoms with Gasteiger partial charge in [0.25, 0.3) is 5.91 Å². The van der Waals surface area contributed by atoms with Crippen molar-refractivity contribution in [1.29, 1.82) is 0 Å². The van der Waals surface area contributed by atoms with Gasteiger partial charge < -0.3 is 19.9 Å². The summed E-state index contributed by atoms with van der Waals surface area (Å²) in [5, 5.41) is 3.68. The topological polar surface area (TPSA) is 74.8 Å². The predicted octanol–water partition coefficient (Wildman–Crippen LogP) is 4.04. The van der Waals surface area contributed by atoms with Crippen LogP contribution in [0.15, 0.2) is 42.7 Å². The molecule has 0 spiro atoms. The van der Waals surface area contributed by atoms with Gasteiger partial charge in [0, 0.05) is 78.8 Å². The highest BCUT2D eigenvalue weighted by Gasteiger charge is 2.23. The molecule has 1 aliphatic rings. The minimum Gasteiger partial charge on any atom is -0.492 e. The van der Waals surface area contributed by atoms with Crippen molar-refractivity contribution in [2.75, 3.05) is 49.6 Å². The van der Waals surface area contributed by atoms with Gasteiger partial charge in [0.1, 0.15) is 12.4 Å². The highest BCUT2D eigenvalue weighted by Crippen LogP contribution is 2.23. The molecule has 0 radical (unpaired) electrons. The third kappa shape index (κ3) is 7.82. The molecule has 1 aromatic carbocycles. The van der Waals surface area contributed by atoms with Gasteiger partial charge in [0.15, 0.2) is 0 Å². The Labute approximate surface area is 204 Å². The molecule has 0 unspecified atom stereocenters. The first kappa shape index (κ1) is 25.2. The minimum atomic E-state index is -0.158. The number of benzene rings is 1. The van der Waals surface area contributed by atoms with E-state index >= 15 is 0 Å². The van der Waals surface area contributed by atoms with E-state index in [1.54, 1.807) is 35.5 Å². The lowest BCUT2D eigenvalue weighted by Crippen LogP contribution is -2.42. The minimum absolute atomic E-state index is 0.0462. The van der Waals surface area contributed by atoms with E-state index in [1.807, 2.05) is 42.6 Å². The van der Waals surface area contributed by atoms with Gasteiger partial charge in [0.2, 0.25) is 5.91 Å². The van der Waals surface area contributed by atoms with Crippen molar-refractivity contribution in [3.05, 3.63) is 53.3 Å². The molecule has 2 aromatic rings. The fourth-order valence-corrected chi connectivity index (χ4v) is 4.68. The molecular weight excluding hydrogens is 460 g/mol. The zero-order chi connectivity index (χ0) is 23.6. The third-order valence-electron chi connectivity index (χ3n) is 5.31. The van der Waals surface area contributed by atoms with Crippen molar-refractivity contribution in [3.8, 4) is 5.75 Å². The number of nitrogens with one attached hydrogen (secondary N) is 1. The first-order valence-corrected chi connectivity index (χ1v) is 12.7. The molecule has 0 saturated carbocycles. The van der Waals surface area contributed by atoms with Crippen LogP contribution >= 0.6 is 23.4 Å².